The molecular formula is C14H16Cl2O4. The molecule has 4 nitrogen and oxygen atoms in total. The van der Waals surface area contributed by atoms with Gasteiger partial charge < -0.3 is 9.47 Å². The van der Waals surface area contributed by atoms with Crippen molar-refractivity contribution in [1.29, 1.82) is 0 Å². The molecule has 0 aliphatic carbocycles. The number of halogens is 2. The van der Waals surface area contributed by atoms with E-state index in [1.807, 2.05) is 0 Å². The summed E-state index contributed by atoms with van der Waals surface area (Å²) in [6.07, 6.45) is 0.558. The summed E-state index contributed by atoms with van der Waals surface area (Å²) in [6, 6.07) is 5.16. The number of esters is 2. The minimum absolute atomic E-state index is 0.0210. The Bertz CT molecular complexity index is 474. The van der Waals surface area contributed by atoms with Crippen molar-refractivity contribution < 1.29 is 19.1 Å². The van der Waals surface area contributed by atoms with Gasteiger partial charge in [-0.3, -0.25) is 9.59 Å². The fraction of sp³-hybridized carbons (Fsp3) is 0.429. The average molecular weight is 319 g/mol. The molecule has 0 heterocycles. The molecule has 0 saturated carbocycles. The van der Waals surface area contributed by atoms with E-state index in [9.17, 15) is 9.59 Å². The van der Waals surface area contributed by atoms with E-state index in [0.717, 1.165) is 5.56 Å². The number of carbonyl (C=O) groups is 2. The Hall–Kier alpha value is -1.26. The minimum Gasteiger partial charge on any atom is -0.466 e. The highest BCUT2D eigenvalue weighted by Gasteiger charge is 2.09. The molecule has 0 fully saturated rings. The summed E-state index contributed by atoms with van der Waals surface area (Å²) in [4.78, 5) is 22.5. The smallest absolute Gasteiger partial charge is 0.306 e. The molecule has 20 heavy (non-hydrogen) atoms. The molecule has 1 aromatic carbocycles. The van der Waals surface area contributed by atoms with Crippen LogP contribution in [0.4, 0.5) is 0 Å². The lowest BCUT2D eigenvalue weighted by molar-refractivity contribution is -0.150. The Balaban J connectivity index is 2.26. The van der Waals surface area contributed by atoms with Crippen molar-refractivity contribution in [1.82, 2.24) is 0 Å². The van der Waals surface area contributed by atoms with Crippen LogP contribution in [-0.4, -0.2) is 25.2 Å². The first-order valence-electron chi connectivity index (χ1n) is 6.28. The molecule has 0 radical (unpaired) electrons. The standard InChI is InChI=1S/C14H16Cl2O4/c1-2-19-13(17)5-6-14(18)20-8-7-10-3-4-11(15)9-12(10)16/h3-4,9H,2,5-8H2,1H3. The molecule has 1 rings (SSSR count). The van der Waals surface area contributed by atoms with E-state index in [4.69, 9.17) is 32.7 Å². The fourth-order valence-corrected chi connectivity index (χ4v) is 2.01. The van der Waals surface area contributed by atoms with Gasteiger partial charge in [0, 0.05) is 16.5 Å². The van der Waals surface area contributed by atoms with Gasteiger partial charge in [-0.2, -0.15) is 0 Å². The summed E-state index contributed by atoms with van der Waals surface area (Å²) in [7, 11) is 0. The van der Waals surface area contributed by atoms with E-state index in [-0.39, 0.29) is 19.4 Å². The lowest BCUT2D eigenvalue weighted by Crippen LogP contribution is -2.11. The highest BCUT2D eigenvalue weighted by Crippen LogP contribution is 2.21. The van der Waals surface area contributed by atoms with Gasteiger partial charge in [-0.05, 0) is 24.6 Å². The molecule has 0 bridgehead atoms. The summed E-state index contributed by atoms with van der Waals surface area (Å²) in [5.74, 6) is -0.826. The molecule has 0 aromatic heterocycles. The summed E-state index contributed by atoms with van der Waals surface area (Å²) in [5, 5.41) is 1.10. The van der Waals surface area contributed by atoms with Crippen molar-refractivity contribution in [2.24, 2.45) is 0 Å². The largest absolute Gasteiger partial charge is 0.466 e. The Morgan fingerprint density at radius 1 is 1.10 bits per heavy atom. The third kappa shape index (κ3) is 6.26. The van der Waals surface area contributed by atoms with Crippen molar-refractivity contribution in [3.05, 3.63) is 33.8 Å². The van der Waals surface area contributed by atoms with Crippen LogP contribution >= 0.6 is 23.2 Å². The van der Waals surface area contributed by atoms with Crippen molar-refractivity contribution in [2.75, 3.05) is 13.2 Å². The predicted octanol–water partition coefficient (Wildman–Crippen LogP) is 3.42. The van der Waals surface area contributed by atoms with E-state index >= 15 is 0 Å². The Kier molecular flexibility index (Phi) is 7.41. The fourth-order valence-electron chi connectivity index (χ4n) is 1.51. The summed E-state index contributed by atoms with van der Waals surface area (Å²) in [6.45, 7) is 2.23. The van der Waals surface area contributed by atoms with Crippen LogP contribution in [0.3, 0.4) is 0 Å². The first-order chi connectivity index (χ1) is 9.52. The number of carbonyl (C=O) groups excluding carboxylic acids is 2. The van der Waals surface area contributed by atoms with Crippen molar-refractivity contribution >= 4 is 35.1 Å². The maximum atomic E-state index is 11.4. The minimum atomic E-state index is -0.428. The van der Waals surface area contributed by atoms with Crippen LogP contribution in [-0.2, 0) is 25.5 Å². The molecule has 0 aliphatic rings. The zero-order valence-electron chi connectivity index (χ0n) is 11.2. The van der Waals surface area contributed by atoms with Gasteiger partial charge in [0.05, 0.1) is 26.1 Å². The van der Waals surface area contributed by atoms with Crippen LogP contribution in [0.1, 0.15) is 25.3 Å². The van der Waals surface area contributed by atoms with Gasteiger partial charge in [0.15, 0.2) is 0 Å². The van der Waals surface area contributed by atoms with Gasteiger partial charge in [-0.15, -0.1) is 0 Å². The molecule has 0 N–H and O–H groups in total. The average Bonchev–Trinajstić information content (AvgIpc) is 2.39. The van der Waals surface area contributed by atoms with Crippen molar-refractivity contribution in [3.63, 3.8) is 0 Å². The van der Waals surface area contributed by atoms with Crippen LogP contribution < -0.4 is 0 Å². The molecule has 0 saturated heterocycles. The highest BCUT2D eigenvalue weighted by molar-refractivity contribution is 6.35. The van der Waals surface area contributed by atoms with Crippen LogP contribution in [0.25, 0.3) is 0 Å². The second kappa shape index (κ2) is 8.82. The number of rotatable bonds is 7. The second-order valence-electron chi connectivity index (χ2n) is 4.01. The first-order valence-corrected chi connectivity index (χ1v) is 7.03. The Morgan fingerprint density at radius 2 is 1.75 bits per heavy atom. The van der Waals surface area contributed by atoms with Gasteiger partial charge >= 0.3 is 11.9 Å². The lowest BCUT2D eigenvalue weighted by Gasteiger charge is -2.06. The maximum Gasteiger partial charge on any atom is 0.306 e. The van der Waals surface area contributed by atoms with E-state index in [1.165, 1.54) is 0 Å². The van der Waals surface area contributed by atoms with Gasteiger partial charge in [0.25, 0.3) is 0 Å². The first kappa shape index (κ1) is 16.8. The van der Waals surface area contributed by atoms with Crippen LogP contribution in [0.5, 0.6) is 0 Å². The normalized spacial score (nSPS) is 10.2. The molecular weight excluding hydrogens is 303 g/mol. The quantitative estimate of drug-likeness (QED) is 0.723. The SMILES string of the molecule is CCOC(=O)CCC(=O)OCCc1ccc(Cl)cc1Cl. The molecule has 0 unspecified atom stereocenters. The topological polar surface area (TPSA) is 52.6 Å². The van der Waals surface area contributed by atoms with Crippen molar-refractivity contribution in [3.8, 4) is 0 Å². The van der Waals surface area contributed by atoms with E-state index in [1.54, 1.807) is 25.1 Å². The monoisotopic (exact) mass is 318 g/mol. The van der Waals surface area contributed by atoms with E-state index in [2.05, 4.69) is 0 Å². The van der Waals surface area contributed by atoms with Gasteiger partial charge in [-0.25, -0.2) is 0 Å². The zero-order valence-corrected chi connectivity index (χ0v) is 12.7. The predicted molar refractivity (Wildman–Crippen MR) is 77.0 cm³/mol. The van der Waals surface area contributed by atoms with Gasteiger partial charge in [0.2, 0.25) is 0 Å². The second-order valence-corrected chi connectivity index (χ2v) is 4.85. The number of hydrogen-bond donors (Lipinski definition) is 0. The summed E-state index contributed by atoms with van der Waals surface area (Å²) >= 11 is 11.8. The molecule has 0 spiro atoms. The van der Waals surface area contributed by atoms with E-state index < -0.39 is 11.9 Å². The van der Waals surface area contributed by atoms with Crippen LogP contribution in [0.15, 0.2) is 18.2 Å². The highest BCUT2D eigenvalue weighted by atomic mass is 35.5. The molecule has 6 heteroatoms. The molecule has 0 atom stereocenters. The number of ether oxygens (including phenoxy) is 2. The third-order valence-electron chi connectivity index (χ3n) is 2.49. The zero-order chi connectivity index (χ0) is 15.0. The van der Waals surface area contributed by atoms with Gasteiger partial charge in [0.1, 0.15) is 0 Å². The number of benzene rings is 1. The molecule has 0 aliphatic heterocycles. The number of hydrogen-bond acceptors (Lipinski definition) is 4. The van der Waals surface area contributed by atoms with E-state index in [0.29, 0.717) is 23.1 Å². The maximum absolute atomic E-state index is 11.4. The van der Waals surface area contributed by atoms with Crippen LogP contribution in [0, 0.1) is 0 Å². The Morgan fingerprint density at radius 3 is 2.35 bits per heavy atom. The Labute approximate surface area is 128 Å². The lowest BCUT2D eigenvalue weighted by atomic mass is 10.2. The third-order valence-corrected chi connectivity index (χ3v) is 3.08. The van der Waals surface area contributed by atoms with Gasteiger partial charge in [-0.1, -0.05) is 29.3 Å². The molecule has 1 aromatic rings. The summed E-state index contributed by atoms with van der Waals surface area (Å²) < 4.78 is 9.74. The summed E-state index contributed by atoms with van der Waals surface area (Å²) in [5.41, 5.74) is 0.856. The van der Waals surface area contributed by atoms with Crippen molar-refractivity contribution in [2.45, 2.75) is 26.2 Å². The molecule has 0 amide bonds. The van der Waals surface area contributed by atoms with Crippen LogP contribution in [0.2, 0.25) is 10.0 Å². The molecule has 110 valence electrons.